The maximum absolute atomic E-state index is 12.5. The first-order valence-electron chi connectivity index (χ1n) is 8.86. The minimum Gasteiger partial charge on any atom is -0.340 e. The number of amides is 1. The van der Waals surface area contributed by atoms with Gasteiger partial charge in [0.2, 0.25) is 0 Å². The molecule has 28 heavy (non-hydrogen) atoms. The van der Waals surface area contributed by atoms with Gasteiger partial charge in [-0.3, -0.25) is 4.79 Å². The molecule has 0 aliphatic carbocycles. The Bertz CT molecular complexity index is 1030. The first kappa shape index (κ1) is 19.1. The Balaban J connectivity index is 1.73. The lowest BCUT2D eigenvalue weighted by Crippen LogP contribution is -2.14. The zero-order chi connectivity index (χ0) is 20.1. The molecule has 3 aromatic rings. The summed E-state index contributed by atoms with van der Waals surface area (Å²) in [6, 6.07) is 18.4. The zero-order valence-electron chi connectivity index (χ0n) is 16.0. The third-order valence-corrected chi connectivity index (χ3v) is 4.17. The standard InChI is InChI=1S/C22H21N5O/c1-22(2,3)16-7-9-17(10-8-16)26-20-12-19(24-14-25-20)21(28)27-18-6-4-5-15(11-18)13-23/h4-12,14H,1-3H3,(H,27,28)(H,24,25,26). The number of nitriles is 1. The minimum absolute atomic E-state index is 0.0849. The number of carbonyl (C=O) groups excluding carboxylic acids is 1. The van der Waals surface area contributed by atoms with Crippen LogP contribution in [0.1, 0.15) is 42.4 Å². The minimum atomic E-state index is -0.372. The van der Waals surface area contributed by atoms with Crippen LogP contribution in [0.2, 0.25) is 0 Å². The van der Waals surface area contributed by atoms with Gasteiger partial charge >= 0.3 is 0 Å². The largest absolute Gasteiger partial charge is 0.340 e. The Labute approximate surface area is 164 Å². The van der Waals surface area contributed by atoms with Crippen LogP contribution in [0.3, 0.4) is 0 Å². The second-order valence-corrected chi connectivity index (χ2v) is 7.39. The lowest BCUT2D eigenvalue weighted by atomic mass is 9.87. The highest BCUT2D eigenvalue weighted by Crippen LogP contribution is 2.24. The molecule has 140 valence electrons. The van der Waals surface area contributed by atoms with Gasteiger partial charge in [-0.15, -0.1) is 0 Å². The molecule has 0 atom stereocenters. The molecule has 0 fully saturated rings. The van der Waals surface area contributed by atoms with E-state index in [1.807, 2.05) is 18.2 Å². The number of benzene rings is 2. The molecule has 0 radical (unpaired) electrons. The van der Waals surface area contributed by atoms with Crippen LogP contribution < -0.4 is 10.6 Å². The topological polar surface area (TPSA) is 90.7 Å². The maximum atomic E-state index is 12.5. The van der Waals surface area contributed by atoms with Gasteiger partial charge in [-0.05, 0) is 41.3 Å². The highest BCUT2D eigenvalue weighted by molar-refractivity contribution is 6.03. The van der Waals surface area contributed by atoms with Crippen molar-refractivity contribution in [1.82, 2.24) is 9.97 Å². The second kappa shape index (κ2) is 7.89. The smallest absolute Gasteiger partial charge is 0.274 e. The first-order chi connectivity index (χ1) is 13.3. The van der Waals surface area contributed by atoms with E-state index < -0.39 is 0 Å². The molecule has 0 spiro atoms. The summed E-state index contributed by atoms with van der Waals surface area (Å²) in [5.41, 5.74) is 3.43. The van der Waals surface area contributed by atoms with Crippen LogP contribution >= 0.6 is 0 Å². The molecule has 6 nitrogen and oxygen atoms in total. The Hall–Kier alpha value is -3.72. The van der Waals surface area contributed by atoms with Crippen molar-refractivity contribution in [2.24, 2.45) is 0 Å². The van der Waals surface area contributed by atoms with Crippen molar-refractivity contribution in [2.75, 3.05) is 10.6 Å². The van der Waals surface area contributed by atoms with Crippen molar-refractivity contribution >= 4 is 23.1 Å². The fraction of sp³-hybridized carbons (Fsp3) is 0.182. The van der Waals surface area contributed by atoms with Crippen molar-refractivity contribution in [1.29, 1.82) is 5.26 Å². The molecular weight excluding hydrogens is 350 g/mol. The van der Waals surface area contributed by atoms with Gasteiger partial charge in [0.25, 0.3) is 5.91 Å². The summed E-state index contributed by atoms with van der Waals surface area (Å²) in [5.74, 6) is 0.151. The number of carbonyl (C=O) groups is 1. The first-order valence-corrected chi connectivity index (χ1v) is 8.86. The highest BCUT2D eigenvalue weighted by atomic mass is 16.1. The number of nitrogens with zero attached hydrogens (tertiary/aromatic N) is 3. The molecule has 0 bridgehead atoms. The Morgan fingerprint density at radius 3 is 2.43 bits per heavy atom. The van der Waals surface area contributed by atoms with Gasteiger partial charge in [-0.25, -0.2) is 9.97 Å². The number of rotatable bonds is 4. The summed E-state index contributed by atoms with van der Waals surface area (Å²) in [7, 11) is 0. The maximum Gasteiger partial charge on any atom is 0.274 e. The summed E-state index contributed by atoms with van der Waals surface area (Å²) >= 11 is 0. The molecule has 2 aromatic carbocycles. The molecule has 2 N–H and O–H groups in total. The molecule has 6 heteroatoms. The molecule has 0 saturated carbocycles. The van der Waals surface area contributed by atoms with Crippen LogP contribution in [-0.4, -0.2) is 15.9 Å². The van der Waals surface area contributed by atoms with Gasteiger partial charge in [0.05, 0.1) is 11.6 Å². The third kappa shape index (κ3) is 4.71. The summed E-state index contributed by atoms with van der Waals surface area (Å²) in [5, 5.41) is 14.9. The molecule has 0 unspecified atom stereocenters. The Morgan fingerprint density at radius 2 is 1.75 bits per heavy atom. The predicted octanol–water partition coefficient (Wildman–Crippen LogP) is 4.64. The van der Waals surface area contributed by atoms with E-state index in [2.05, 4.69) is 53.5 Å². The third-order valence-electron chi connectivity index (χ3n) is 4.17. The monoisotopic (exact) mass is 371 g/mol. The van der Waals surface area contributed by atoms with Crippen molar-refractivity contribution in [3.63, 3.8) is 0 Å². The van der Waals surface area contributed by atoms with Crippen molar-refractivity contribution in [2.45, 2.75) is 26.2 Å². The van der Waals surface area contributed by atoms with E-state index in [9.17, 15) is 4.79 Å². The number of anilines is 3. The number of hydrogen-bond acceptors (Lipinski definition) is 5. The quantitative estimate of drug-likeness (QED) is 0.697. The van der Waals surface area contributed by atoms with Crippen LogP contribution in [0, 0.1) is 11.3 Å². The zero-order valence-corrected chi connectivity index (χ0v) is 16.0. The summed E-state index contributed by atoms with van der Waals surface area (Å²) in [4.78, 5) is 20.7. The van der Waals surface area contributed by atoms with Crippen LogP contribution in [-0.2, 0) is 5.41 Å². The molecular formula is C22H21N5O. The van der Waals surface area contributed by atoms with Crippen molar-refractivity contribution in [3.05, 3.63) is 77.7 Å². The van der Waals surface area contributed by atoms with E-state index in [-0.39, 0.29) is 17.0 Å². The summed E-state index contributed by atoms with van der Waals surface area (Å²) in [6.07, 6.45) is 1.34. The van der Waals surface area contributed by atoms with Crippen LogP contribution in [0.25, 0.3) is 0 Å². The van der Waals surface area contributed by atoms with Crippen molar-refractivity contribution in [3.8, 4) is 6.07 Å². The van der Waals surface area contributed by atoms with Gasteiger partial charge in [0.15, 0.2) is 0 Å². The van der Waals surface area contributed by atoms with E-state index in [0.717, 1.165) is 5.69 Å². The molecule has 1 aromatic heterocycles. The number of nitrogens with one attached hydrogen (secondary N) is 2. The van der Waals surface area contributed by atoms with Crippen LogP contribution in [0.15, 0.2) is 60.9 Å². The van der Waals surface area contributed by atoms with E-state index in [4.69, 9.17) is 5.26 Å². The lowest BCUT2D eigenvalue weighted by molar-refractivity contribution is 0.102. The fourth-order valence-electron chi connectivity index (χ4n) is 2.61. The van der Waals surface area contributed by atoms with E-state index in [1.54, 1.807) is 30.3 Å². The summed E-state index contributed by atoms with van der Waals surface area (Å²) in [6.45, 7) is 6.49. The molecule has 3 rings (SSSR count). The van der Waals surface area contributed by atoms with Gasteiger partial charge in [0.1, 0.15) is 17.8 Å². The van der Waals surface area contributed by atoms with E-state index >= 15 is 0 Å². The molecule has 0 saturated heterocycles. The number of hydrogen-bond donors (Lipinski definition) is 2. The average Bonchev–Trinajstić information content (AvgIpc) is 2.68. The molecule has 0 aliphatic rings. The van der Waals surface area contributed by atoms with Gasteiger partial charge in [0, 0.05) is 17.4 Å². The predicted molar refractivity (Wildman–Crippen MR) is 110 cm³/mol. The lowest BCUT2D eigenvalue weighted by Gasteiger charge is -2.19. The summed E-state index contributed by atoms with van der Waals surface area (Å²) < 4.78 is 0. The molecule has 1 amide bonds. The van der Waals surface area contributed by atoms with E-state index in [1.165, 1.54) is 11.9 Å². The Morgan fingerprint density at radius 1 is 1.00 bits per heavy atom. The van der Waals surface area contributed by atoms with Crippen molar-refractivity contribution < 1.29 is 4.79 Å². The van der Waals surface area contributed by atoms with Crippen LogP contribution in [0.4, 0.5) is 17.2 Å². The van der Waals surface area contributed by atoms with Gasteiger partial charge in [-0.2, -0.15) is 5.26 Å². The highest BCUT2D eigenvalue weighted by Gasteiger charge is 2.13. The normalized spacial score (nSPS) is 10.8. The fourth-order valence-corrected chi connectivity index (χ4v) is 2.61. The second-order valence-electron chi connectivity index (χ2n) is 7.39. The van der Waals surface area contributed by atoms with Crippen LogP contribution in [0.5, 0.6) is 0 Å². The SMILES string of the molecule is CC(C)(C)c1ccc(Nc2cc(C(=O)Nc3cccc(C#N)c3)ncn2)cc1. The average molecular weight is 371 g/mol. The van der Waals surface area contributed by atoms with Gasteiger partial charge < -0.3 is 10.6 Å². The van der Waals surface area contributed by atoms with E-state index in [0.29, 0.717) is 17.1 Å². The number of aromatic nitrogens is 2. The van der Waals surface area contributed by atoms with Gasteiger partial charge in [-0.1, -0.05) is 39.0 Å². The molecule has 1 heterocycles. The molecule has 0 aliphatic heterocycles. The Kier molecular flexibility index (Phi) is 5.37.